The number of hydrogen-bond acceptors (Lipinski definition) is 3. The van der Waals surface area contributed by atoms with Crippen LogP contribution in [0.1, 0.15) is 56.6 Å². The zero-order chi connectivity index (χ0) is 21.8. The van der Waals surface area contributed by atoms with Crippen LogP contribution >= 0.6 is 0 Å². The number of amides is 2. The van der Waals surface area contributed by atoms with Gasteiger partial charge in [0, 0.05) is 18.2 Å². The average Bonchev–Trinajstić information content (AvgIpc) is 2.80. The van der Waals surface area contributed by atoms with E-state index in [1.165, 1.54) is 18.6 Å². The standard InChI is InChI=1S/C25H29FN2O3/c1-31-21-13-11-20(12-14-21)28-23(29)16-15-22(24(28)17-7-9-18(26)10-8-17)25(30)27-19-5-3-2-4-6-19/h7-14,19,22,24H,2-6,15-16H2,1H3,(H,27,30)/t22-,24-/m0/s1. The summed E-state index contributed by atoms with van der Waals surface area (Å²) in [5.41, 5.74) is 1.46. The zero-order valence-corrected chi connectivity index (χ0v) is 17.9. The number of nitrogens with zero attached hydrogens (tertiary/aromatic N) is 1. The van der Waals surface area contributed by atoms with Crippen molar-refractivity contribution in [3.63, 3.8) is 0 Å². The third-order valence-electron chi connectivity index (χ3n) is 6.45. The third-order valence-corrected chi connectivity index (χ3v) is 6.45. The number of benzene rings is 2. The Balaban J connectivity index is 1.68. The van der Waals surface area contributed by atoms with E-state index in [-0.39, 0.29) is 23.7 Å². The van der Waals surface area contributed by atoms with Gasteiger partial charge in [0.25, 0.3) is 0 Å². The van der Waals surface area contributed by atoms with Crippen LogP contribution in [-0.2, 0) is 9.59 Å². The van der Waals surface area contributed by atoms with E-state index in [1.807, 2.05) is 12.1 Å². The first kappa shape index (κ1) is 21.3. The average molecular weight is 425 g/mol. The van der Waals surface area contributed by atoms with Gasteiger partial charge in [0.1, 0.15) is 11.6 Å². The number of halogens is 1. The smallest absolute Gasteiger partial charge is 0.227 e. The van der Waals surface area contributed by atoms with Crippen LogP contribution in [0.5, 0.6) is 5.75 Å². The molecule has 5 nitrogen and oxygen atoms in total. The summed E-state index contributed by atoms with van der Waals surface area (Å²) in [5, 5.41) is 3.23. The molecule has 0 radical (unpaired) electrons. The molecule has 1 N–H and O–H groups in total. The molecule has 164 valence electrons. The minimum Gasteiger partial charge on any atom is -0.497 e. The number of carbonyl (C=O) groups excluding carboxylic acids is 2. The van der Waals surface area contributed by atoms with Gasteiger partial charge >= 0.3 is 0 Å². The molecule has 1 aliphatic carbocycles. The number of methoxy groups -OCH3 is 1. The van der Waals surface area contributed by atoms with E-state index >= 15 is 0 Å². The van der Waals surface area contributed by atoms with Crippen molar-refractivity contribution in [1.82, 2.24) is 5.32 Å². The summed E-state index contributed by atoms with van der Waals surface area (Å²) in [7, 11) is 1.59. The van der Waals surface area contributed by atoms with Crippen LogP contribution in [0, 0.1) is 11.7 Å². The number of carbonyl (C=O) groups is 2. The van der Waals surface area contributed by atoms with Gasteiger partial charge in [-0.15, -0.1) is 0 Å². The van der Waals surface area contributed by atoms with Crippen molar-refractivity contribution in [3.05, 3.63) is 59.9 Å². The van der Waals surface area contributed by atoms with Crippen LogP contribution in [0.25, 0.3) is 0 Å². The maximum atomic E-state index is 13.6. The highest BCUT2D eigenvalue weighted by molar-refractivity contribution is 5.97. The Bertz CT molecular complexity index is 907. The predicted molar refractivity (Wildman–Crippen MR) is 117 cm³/mol. The summed E-state index contributed by atoms with van der Waals surface area (Å²) in [6.07, 6.45) is 6.26. The lowest BCUT2D eigenvalue weighted by Gasteiger charge is -2.41. The summed E-state index contributed by atoms with van der Waals surface area (Å²) in [6, 6.07) is 13.1. The monoisotopic (exact) mass is 424 g/mol. The molecule has 0 spiro atoms. The van der Waals surface area contributed by atoms with Crippen LogP contribution in [0.2, 0.25) is 0 Å². The number of piperidine rings is 1. The second-order valence-corrected chi connectivity index (χ2v) is 8.45. The molecule has 4 rings (SSSR count). The van der Waals surface area contributed by atoms with E-state index in [0.29, 0.717) is 24.3 Å². The molecule has 0 bridgehead atoms. The Morgan fingerprint density at radius 1 is 1.00 bits per heavy atom. The molecule has 2 atom stereocenters. The van der Waals surface area contributed by atoms with Crippen molar-refractivity contribution < 1.29 is 18.7 Å². The van der Waals surface area contributed by atoms with Gasteiger partial charge in [0.2, 0.25) is 11.8 Å². The highest BCUT2D eigenvalue weighted by atomic mass is 19.1. The lowest BCUT2D eigenvalue weighted by atomic mass is 9.82. The summed E-state index contributed by atoms with van der Waals surface area (Å²) >= 11 is 0. The van der Waals surface area contributed by atoms with Crippen LogP contribution in [0.3, 0.4) is 0 Å². The lowest BCUT2D eigenvalue weighted by Crippen LogP contribution is -2.50. The molecule has 1 saturated carbocycles. The Labute approximate surface area is 182 Å². The molecule has 2 aromatic carbocycles. The molecule has 1 heterocycles. The first-order valence-electron chi connectivity index (χ1n) is 11.1. The lowest BCUT2D eigenvalue weighted by molar-refractivity contribution is -0.130. The maximum absolute atomic E-state index is 13.6. The quantitative estimate of drug-likeness (QED) is 0.752. The topological polar surface area (TPSA) is 58.6 Å². The number of hydrogen-bond donors (Lipinski definition) is 1. The van der Waals surface area contributed by atoms with Gasteiger partial charge in [-0.3, -0.25) is 9.59 Å². The number of anilines is 1. The van der Waals surface area contributed by atoms with E-state index in [1.54, 1.807) is 36.3 Å². The molecule has 2 amide bonds. The van der Waals surface area contributed by atoms with Gasteiger partial charge in [-0.2, -0.15) is 0 Å². The molecule has 6 heteroatoms. The van der Waals surface area contributed by atoms with Gasteiger partial charge in [-0.25, -0.2) is 4.39 Å². The van der Waals surface area contributed by atoms with Crippen molar-refractivity contribution >= 4 is 17.5 Å². The fraction of sp³-hybridized carbons (Fsp3) is 0.440. The Kier molecular flexibility index (Phi) is 6.54. The summed E-state index contributed by atoms with van der Waals surface area (Å²) in [5.74, 6) is -0.108. The Hall–Kier alpha value is -2.89. The molecular formula is C25H29FN2O3. The van der Waals surface area contributed by atoms with Crippen molar-refractivity contribution in [2.24, 2.45) is 5.92 Å². The van der Waals surface area contributed by atoms with E-state index in [0.717, 1.165) is 31.2 Å². The van der Waals surface area contributed by atoms with Gasteiger partial charge in [0.05, 0.1) is 19.1 Å². The van der Waals surface area contributed by atoms with Crippen molar-refractivity contribution in [2.45, 2.75) is 57.0 Å². The highest BCUT2D eigenvalue weighted by Gasteiger charge is 2.42. The number of rotatable bonds is 5. The molecule has 1 aliphatic heterocycles. The molecule has 31 heavy (non-hydrogen) atoms. The molecule has 2 aromatic rings. The van der Waals surface area contributed by atoms with E-state index < -0.39 is 12.0 Å². The first-order chi connectivity index (χ1) is 15.1. The maximum Gasteiger partial charge on any atom is 0.227 e. The minimum absolute atomic E-state index is 0.0211. The molecule has 1 saturated heterocycles. The number of ether oxygens (including phenoxy) is 1. The predicted octanol–water partition coefficient (Wildman–Crippen LogP) is 4.77. The summed E-state index contributed by atoms with van der Waals surface area (Å²) < 4.78 is 18.9. The van der Waals surface area contributed by atoms with Crippen molar-refractivity contribution in [2.75, 3.05) is 12.0 Å². The molecule has 2 aliphatic rings. The minimum atomic E-state index is -0.487. The van der Waals surface area contributed by atoms with Crippen LogP contribution < -0.4 is 15.0 Å². The van der Waals surface area contributed by atoms with E-state index in [4.69, 9.17) is 4.74 Å². The third kappa shape index (κ3) is 4.73. The van der Waals surface area contributed by atoms with Crippen molar-refractivity contribution in [1.29, 1.82) is 0 Å². The largest absolute Gasteiger partial charge is 0.497 e. The molecule has 2 fully saturated rings. The number of nitrogens with one attached hydrogen (secondary N) is 1. The fourth-order valence-electron chi connectivity index (χ4n) is 4.81. The normalized spacial score (nSPS) is 22.3. The Morgan fingerprint density at radius 3 is 2.32 bits per heavy atom. The highest BCUT2D eigenvalue weighted by Crippen LogP contribution is 2.40. The van der Waals surface area contributed by atoms with Gasteiger partial charge in [-0.05, 0) is 61.2 Å². The van der Waals surface area contributed by atoms with Gasteiger partial charge in [0.15, 0.2) is 0 Å². The molecule has 0 unspecified atom stereocenters. The SMILES string of the molecule is COc1ccc(N2C(=O)CC[C@H](C(=O)NC3CCCCC3)[C@@H]2c2ccc(F)cc2)cc1. The van der Waals surface area contributed by atoms with E-state index in [2.05, 4.69) is 5.32 Å². The summed E-state index contributed by atoms with van der Waals surface area (Å²) in [6.45, 7) is 0. The molecular weight excluding hydrogens is 395 g/mol. The van der Waals surface area contributed by atoms with Crippen molar-refractivity contribution in [3.8, 4) is 5.75 Å². The van der Waals surface area contributed by atoms with Gasteiger partial charge < -0.3 is 15.0 Å². The Morgan fingerprint density at radius 2 is 1.68 bits per heavy atom. The second-order valence-electron chi connectivity index (χ2n) is 8.45. The van der Waals surface area contributed by atoms with Gasteiger partial charge in [-0.1, -0.05) is 31.4 Å². The van der Waals surface area contributed by atoms with E-state index in [9.17, 15) is 14.0 Å². The van der Waals surface area contributed by atoms with Crippen LogP contribution in [0.4, 0.5) is 10.1 Å². The van der Waals surface area contributed by atoms with Crippen LogP contribution in [-0.4, -0.2) is 25.0 Å². The first-order valence-corrected chi connectivity index (χ1v) is 11.1. The molecule has 0 aromatic heterocycles. The zero-order valence-electron chi connectivity index (χ0n) is 17.9. The van der Waals surface area contributed by atoms with Crippen LogP contribution in [0.15, 0.2) is 48.5 Å². The fourth-order valence-corrected chi connectivity index (χ4v) is 4.81. The second kappa shape index (κ2) is 9.50. The summed E-state index contributed by atoms with van der Waals surface area (Å²) in [4.78, 5) is 28.1.